The van der Waals surface area contributed by atoms with Crippen LogP contribution in [0.4, 0.5) is 8.78 Å². The Hall–Kier alpha value is -2.03. The molecule has 2 aromatic carbocycles. The Morgan fingerprint density at radius 1 is 1.00 bits per heavy atom. The molecule has 0 amide bonds. The van der Waals surface area contributed by atoms with Crippen molar-refractivity contribution in [3.8, 4) is 0 Å². The Bertz CT molecular complexity index is 635. The molecule has 3 heteroatoms. The maximum Gasteiger partial charge on any atom is 0.127 e. The van der Waals surface area contributed by atoms with Gasteiger partial charge in [0.25, 0.3) is 0 Å². The molecule has 0 aliphatic heterocycles. The van der Waals surface area contributed by atoms with Gasteiger partial charge in [-0.1, -0.05) is 31.2 Å². The van der Waals surface area contributed by atoms with Crippen molar-refractivity contribution in [1.29, 1.82) is 0 Å². The molecule has 1 atom stereocenters. The third kappa shape index (κ3) is 1.69. The second-order valence-electron chi connectivity index (χ2n) is 5.64. The Labute approximate surface area is 116 Å². The molecule has 102 valence electrons. The lowest BCUT2D eigenvalue weighted by Crippen LogP contribution is -2.19. The van der Waals surface area contributed by atoms with Crippen LogP contribution in [0, 0.1) is 17.0 Å². The van der Waals surface area contributed by atoms with E-state index in [4.69, 9.17) is 0 Å². The first kappa shape index (κ1) is 13.0. The van der Waals surface area contributed by atoms with E-state index in [0.717, 1.165) is 17.4 Å². The molecule has 2 aromatic rings. The van der Waals surface area contributed by atoms with Crippen LogP contribution in [0.5, 0.6) is 0 Å². The number of hydrogen-bond acceptors (Lipinski definition) is 1. The lowest BCUT2D eigenvalue weighted by atomic mass is 9.81. The van der Waals surface area contributed by atoms with Crippen LogP contribution in [0.15, 0.2) is 48.5 Å². The first-order valence-electron chi connectivity index (χ1n) is 6.50. The lowest BCUT2D eigenvalue weighted by Gasteiger charge is -2.21. The second-order valence-corrected chi connectivity index (χ2v) is 5.64. The summed E-state index contributed by atoms with van der Waals surface area (Å²) in [5.41, 5.74) is 0.198. The van der Waals surface area contributed by atoms with E-state index in [1.807, 2.05) is 6.92 Å². The SMILES string of the molecule is CC1(C=O)CC1(c1cccc(F)c1)c1cccc(F)c1. The van der Waals surface area contributed by atoms with Gasteiger partial charge in [0.05, 0.1) is 0 Å². The van der Waals surface area contributed by atoms with E-state index in [1.54, 1.807) is 24.3 Å². The highest BCUT2D eigenvalue weighted by Crippen LogP contribution is 2.66. The monoisotopic (exact) mass is 272 g/mol. The molecule has 0 N–H and O–H groups in total. The third-order valence-corrected chi connectivity index (χ3v) is 4.38. The maximum atomic E-state index is 13.5. The topological polar surface area (TPSA) is 17.1 Å². The molecular formula is C17H14F2O. The van der Waals surface area contributed by atoms with E-state index in [0.29, 0.717) is 6.42 Å². The zero-order valence-electron chi connectivity index (χ0n) is 11.1. The normalized spacial score (nSPS) is 23.4. The summed E-state index contributed by atoms with van der Waals surface area (Å²) < 4.78 is 27.0. The Morgan fingerprint density at radius 3 is 1.85 bits per heavy atom. The molecule has 1 fully saturated rings. The predicted octanol–water partition coefficient (Wildman–Crippen LogP) is 3.86. The summed E-state index contributed by atoms with van der Waals surface area (Å²) >= 11 is 0. The van der Waals surface area contributed by atoms with Crippen molar-refractivity contribution >= 4 is 6.29 Å². The largest absolute Gasteiger partial charge is 0.303 e. The van der Waals surface area contributed by atoms with Crippen molar-refractivity contribution in [2.75, 3.05) is 0 Å². The first-order chi connectivity index (χ1) is 9.52. The van der Waals surface area contributed by atoms with E-state index in [-0.39, 0.29) is 11.6 Å². The molecule has 0 spiro atoms. The molecular weight excluding hydrogens is 258 g/mol. The van der Waals surface area contributed by atoms with Crippen molar-refractivity contribution in [3.05, 3.63) is 71.3 Å². The van der Waals surface area contributed by atoms with E-state index >= 15 is 0 Å². The average molecular weight is 272 g/mol. The zero-order valence-corrected chi connectivity index (χ0v) is 11.1. The molecule has 1 unspecified atom stereocenters. The maximum absolute atomic E-state index is 13.5. The number of carbonyl (C=O) groups is 1. The van der Waals surface area contributed by atoms with Gasteiger partial charge >= 0.3 is 0 Å². The summed E-state index contributed by atoms with van der Waals surface area (Å²) in [5, 5.41) is 0. The molecule has 0 aromatic heterocycles. The molecule has 3 rings (SSSR count). The fourth-order valence-corrected chi connectivity index (χ4v) is 3.19. The molecule has 1 aliphatic carbocycles. The molecule has 1 saturated carbocycles. The van der Waals surface area contributed by atoms with Gasteiger partial charge in [-0.3, -0.25) is 0 Å². The highest BCUT2D eigenvalue weighted by atomic mass is 19.1. The van der Waals surface area contributed by atoms with Crippen molar-refractivity contribution in [2.45, 2.75) is 18.8 Å². The van der Waals surface area contributed by atoms with Gasteiger partial charge in [0.15, 0.2) is 0 Å². The average Bonchev–Trinajstić information content (AvgIpc) is 3.07. The smallest absolute Gasteiger partial charge is 0.127 e. The first-order valence-corrected chi connectivity index (χ1v) is 6.50. The summed E-state index contributed by atoms with van der Waals surface area (Å²) in [7, 11) is 0. The van der Waals surface area contributed by atoms with E-state index in [1.165, 1.54) is 24.3 Å². The van der Waals surface area contributed by atoms with E-state index < -0.39 is 10.8 Å². The fraction of sp³-hybridized carbons (Fsp3) is 0.235. The lowest BCUT2D eigenvalue weighted by molar-refractivity contribution is -0.112. The Balaban J connectivity index is 2.20. The van der Waals surface area contributed by atoms with Gasteiger partial charge in [0.1, 0.15) is 17.9 Å². The summed E-state index contributed by atoms with van der Waals surface area (Å²) in [6.45, 7) is 1.83. The summed E-state index contributed by atoms with van der Waals surface area (Å²) in [6, 6.07) is 12.4. The number of aldehydes is 1. The quantitative estimate of drug-likeness (QED) is 0.775. The summed E-state index contributed by atoms with van der Waals surface area (Å²) in [6.07, 6.45) is 1.46. The number of carbonyl (C=O) groups excluding carboxylic acids is 1. The number of halogens is 2. The molecule has 0 radical (unpaired) electrons. The third-order valence-electron chi connectivity index (χ3n) is 4.38. The van der Waals surface area contributed by atoms with E-state index in [2.05, 4.69) is 0 Å². The number of rotatable bonds is 3. The highest BCUT2D eigenvalue weighted by Gasteiger charge is 2.66. The minimum absolute atomic E-state index is 0.349. The minimum Gasteiger partial charge on any atom is -0.303 e. The summed E-state index contributed by atoms with van der Waals surface area (Å²) in [4.78, 5) is 11.4. The molecule has 0 heterocycles. The Kier molecular flexibility index (Phi) is 2.75. The molecule has 0 bridgehead atoms. The Morgan fingerprint density at radius 2 is 1.50 bits per heavy atom. The van der Waals surface area contributed by atoms with Gasteiger partial charge in [0, 0.05) is 10.8 Å². The summed E-state index contributed by atoms with van der Waals surface area (Å²) in [5.74, 6) is -0.697. The van der Waals surface area contributed by atoms with Crippen molar-refractivity contribution in [2.24, 2.45) is 5.41 Å². The van der Waals surface area contributed by atoms with Gasteiger partial charge in [-0.05, 0) is 41.8 Å². The standard InChI is InChI=1S/C17H14F2O/c1-16(11-20)10-17(16,12-4-2-6-14(18)8-12)13-5-3-7-15(19)9-13/h2-9,11H,10H2,1H3. The highest BCUT2D eigenvalue weighted by molar-refractivity contribution is 5.74. The van der Waals surface area contributed by atoms with Crippen LogP contribution in [0.3, 0.4) is 0 Å². The van der Waals surface area contributed by atoms with Crippen LogP contribution >= 0.6 is 0 Å². The van der Waals surface area contributed by atoms with Crippen molar-refractivity contribution in [3.63, 3.8) is 0 Å². The van der Waals surface area contributed by atoms with E-state index in [9.17, 15) is 13.6 Å². The predicted molar refractivity (Wildman–Crippen MR) is 72.4 cm³/mol. The van der Waals surface area contributed by atoms with Crippen LogP contribution in [0.1, 0.15) is 24.5 Å². The molecule has 1 aliphatic rings. The van der Waals surface area contributed by atoms with Crippen molar-refractivity contribution < 1.29 is 13.6 Å². The number of hydrogen-bond donors (Lipinski definition) is 0. The van der Waals surface area contributed by atoms with Gasteiger partial charge < -0.3 is 4.79 Å². The molecule has 20 heavy (non-hydrogen) atoms. The zero-order chi connectivity index (χ0) is 14.4. The molecule has 1 nitrogen and oxygen atoms in total. The van der Waals surface area contributed by atoms with Gasteiger partial charge in [-0.2, -0.15) is 0 Å². The fourth-order valence-electron chi connectivity index (χ4n) is 3.19. The second kappa shape index (κ2) is 4.23. The van der Waals surface area contributed by atoms with Crippen LogP contribution in [-0.4, -0.2) is 6.29 Å². The van der Waals surface area contributed by atoms with Gasteiger partial charge in [0.2, 0.25) is 0 Å². The van der Waals surface area contributed by atoms with Gasteiger partial charge in [-0.25, -0.2) is 8.78 Å². The van der Waals surface area contributed by atoms with Crippen LogP contribution in [-0.2, 0) is 10.2 Å². The van der Waals surface area contributed by atoms with Crippen LogP contribution < -0.4 is 0 Å². The molecule has 0 saturated heterocycles. The van der Waals surface area contributed by atoms with Gasteiger partial charge in [-0.15, -0.1) is 0 Å². The van der Waals surface area contributed by atoms with Crippen molar-refractivity contribution in [1.82, 2.24) is 0 Å². The number of benzene rings is 2. The minimum atomic E-state index is -0.626. The van der Waals surface area contributed by atoms with Crippen LogP contribution in [0.25, 0.3) is 0 Å². The van der Waals surface area contributed by atoms with Crippen LogP contribution in [0.2, 0.25) is 0 Å².